The predicted molar refractivity (Wildman–Crippen MR) is 43.2 cm³/mol. The molecule has 0 aliphatic rings. The first-order valence-corrected chi connectivity index (χ1v) is 3.41. The molecule has 0 heterocycles. The Morgan fingerprint density at radius 2 is 2.20 bits per heavy atom. The summed E-state index contributed by atoms with van der Waals surface area (Å²) in [5.41, 5.74) is 0.637. The van der Waals surface area contributed by atoms with Crippen molar-refractivity contribution in [3.8, 4) is 0 Å². The fourth-order valence-electron chi connectivity index (χ4n) is 0.596. The Kier molecular flexibility index (Phi) is 4.46. The van der Waals surface area contributed by atoms with Crippen molar-refractivity contribution in [2.45, 2.75) is 27.2 Å². The molecule has 0 spiro atoms. The van der Waals surface area contributed by atoms with Gasteiger partial charge in [0.15, 0.2) is 5.78 Å². The van der Waals surface area contributed by atoms with Crippen LogP contribution in [0.25, 0.3) is 0 Å². The molecule has 0 amide bonds. The second-order valence-electron chi connectivity index (χ2n) is 1.97. The molecule has 0 saturated carbocycles. The summed E-state index contributed by atoms with van der Waals surface area (Å²) in [5.74, 6) is 0.0561. The average Bonchev–Trinajstić information content (AvgIpc) is 1.89. The second-order valence-corrected chi connectivity index (χ2v) is 1.97. The predicted octanol–water partition coefficient (Wildman–Crippen LogP) is 1.96. The van der Waals surface area contributed by atoms with Crippen LogP contribution in [0.4, 0.5) is 0 Å². The van der Waals surface area contributed by atoms with Gasteiger partial charge in [0.1, 0.15) is 0 Å². The normalized spacial score (nSPS) is 12.5. The van der Waals surface area contributed by atoms with E-state index >= 15 is 0 Å². The van der Waals surface area contributed by atoms with Crippen LogP contribution >= 0.6 is 0 Å². The van der Waals surface area contributed by atoms with Crippen LogP contribution in [0.2, 0.25) is 0 Å². The number of ketones is 1. The lowest BCUT2D eigenvalue weighted by Crippen LogP contribution is -2.07. The molecule has 0 aliphatic carbocycles. The quantitative estimate of drug-likeness (QED) is 0.549. The number of allylic oxidation sites excluding steroid dienone is 1. The van der Waals surface area contributed by atoms with Crippen molar-refractivity contribution in [1.29, 1.82) is 0 Å². The van der Waals surface area contributed by atoms with E-state index in [1.807, 2.05) is 13.8 Å². The summed E-state index contributed by atoms with van der Waals surface area (Å²) in [5, 5.41) is 0. The first-order valence-electron chi connectivity index (χ1n) is 3.41. The molecule has 0 aromatic rings. The van der Waals surface area contributed by atoms with Gasteiger partial charge in [-0.3, -0.25) is 9.79 Å². The van der Waals surface area contributed by atoms with E-state index in [1.54, 1.807) is 12.3 Å². The maximum absolute atomic E-state index is 10.7. The molecule has 0 unspecified atom stereocenters. The topological polar surface area (TPSA) is 29.4 Å². The van der Waals surface area contributed by atoms with E-state index in [0.717, 1.165) is 0 Å². The number of aliphatic imine (C=N–C) groups is 1. The van der Waals surface area contributed by atoms with Gasteiger partial charge < -0.3 is 0 Å². The fraction of sp³-hybridized carbons (Fsp3) is 0.500. The maximum Gasteiger partial charge on any atom is 0.173 e. The molecule has 56 valence electrons. The molecular formula is C8H13NO. The molecule has 0 aromatic heterocycles. The van der Waals surface area contributed by atoms with Gasteiger partial charge in [0.25, 0.3) is 0 Å². The van der Waals surface area contributed by atoms with E-state index in [2.05, 4.69) is 4.99 Å². The number of carbonyl (C=O) groups excluding carboxylic acids is 1. The minimum Gasteiger partial charge on any atom is -0.293 e. The SMILES string of the molecule is C/C=C\N=C(CC)C(C)=O. The van der Waals surface area contributed by atoms with E-state index in [9.17, 15) is 4.79 Å². The molecule has 10 heavy (non-hydrogen) atoms. The number of Topliss-reactive ketones (excluding diaryl/α,β-unsaturated/α-hetero) is 1. The molecule has 0 bridgehead atoms. The van der Waals surface area contributed by atoms with Gasteiger partial charge in [0.2, 0.25) is 0 Å². The van der Waals surface area contributed by atoms with E-state index in [0.29, 0.717) is 12.1 Å². The van der Waals surface area contributed by atoms with Crippen molar-refractivity contribution in [2.24, 2.45) is 4.99 Å². The van der Waals surface area contributed by atoms with Gasteiger partial charge in [-0.1, -0.05) is 13.0 Å². The molecule has 0 radical (unpaired) electrons. The summed E-state index contributed by atoms with van der Waals surface area (Å²) in [6, 6.07) is 0. The van der Waals surface area contributed by atoms with Crippen molar-refractivity contribution < 1.29 is 4.79 Å². The van der Waals surface area contributed by atoms with Crippen molar-refractivity contribution in [3.63, 3.8) is 0 Å². The maximum atomic E-state index is 10.7. The van der Waals surface area contributed by atoms with E-state index in [-0.39, 0.29) is 5.78 Å². The Bertz CT molecular complexity index is 168. The standard InChI is InChI=1S/C8H13NO/c1-4-6-9-8(5-2)7(3)10/h4,6H,5H2,1-3H3/b6-4-,9-8?. The van der Waals surface area contributed by atoms with Crippen molar-refractivity contribution in [3.05, 3.63) is 12.3 Å². The van der Waals surface area contributed by atoms with E-state index in [4.69, 9.17) is 0 Å². The number of hydrogen-bond acceptors (Lipinski definition) is 2. The monoisotopic (exact) mass is 139 g/mol. The van der Waals surface area contributed by atoms with E-state index < -0.39 is 0 Å². The zero-order valence-corrected chi connectivity index (χ0v) is 6.72. The minimum absolute atomic E-state index is 0.0561. The first-order chi connectivity index (χ1) is 4.72. The van der Waals surface area contributed by atoms with Gasteiger partial charge in [0.05, 0.1) is 5.71 Å². The zero-order valence-electron chi connectivity index (χ0n) is 6.72. The highest BCUT2D eigenvalue weighted by atomic mass is 16.1. The lowest BCUT2D eigenvalue weighted by atomic mass is 10.2. The molecule has 2 nitrogen and oxygen atoms in total. The van der Waals surface area contributed by atoms with Gasteiger partial charge >= 0.3 is 0 Å². The molecule has 0 rings (SSSR count). The van der Waals surface area contributed by atoms with Gasteiger partial charge in [-0.2, -0.15) is 0 Å². The van der Waals surface area contributed by atoms with Crippen LogP contribution in [0, 0.1) is 0 Å². The highest BCUT2D eigenvalue weighted by Crippen LogP contribution is 1.88. The van der Waals surface area contributed by atoms with Gasteiger partial charge in [0, 0.05) is 13.1 Å². The first kappa shape index (κ1) is 9.08. The highest BCUT2D eigenvalue weighted by Gasteiger charge is 1.98. The summed E-state index contributed by atoms with van der Waals surface area (Å²) < 4.78 is 0. The van der Waals surface area contributed by atoms with E-state index in [1.165, 1.54) is 6.92 Å². The van der Waals surface area contributed by atoms with Crippen LogP contribution in [0.1, 0.15) is 27.2 Å². The summed E-state index contributed by atoms with van der Waals surface area (Å²) in [4.78, 5) is 14.7. The largest absolute Gasteiger partial charge is 0.293 e. The van der Waals surface area contributed by atoms with Crippen molar-refractivity contribution in [1.82, 2.24) is 0 Å². The smallest absolute Gasteiger partial charge is 0.173 e. The Balaban J connectivity index is 4.18. The second kappa shape index (κ2) is 4.91. The zero-order chi connectivity index (χ0) is 7.98. The molecule has 0 aromatic carbocycles. The summed E-state index contributed by atoms with van der Waals surface area (Å²) >= 11 is 0. The molecule has 0 atom stereocenters. The molecule has 0 N–H and O–H groups in total. The summed E-state index contributed by atoms with van der Waals surface area (Å²) in [6.45, 7) is 5.33. The minimum atomic E-state index is 0.0561. The molecular weight excluding hydrogens is 126 g/mol. The number of hydrogen-bond donors (Lipinski definition) is 0. The van der Waals surface area contributed by atoms with Crippen molar-refractivity contribution >= 4 is 11.5 Å². The van der Waals surface area contributed by atoms with Crippen LogP contribution in [0.5, 0.6) is 0 Å². The summed E-state index contributed by atoms with van der Waals surface area (Å²) in [6.07, 6.45) is 4.15. The average molecular weight is 139 g/mol. The third kappa shape index (κ3) is 3.17. The Morgan fingerprint density at radius 3 is 2.50 bits per heavy atom. The van der Waals surface area contributed by atoms with Crippen LogP contribution < -0.4 is 0 Å². The third-order valence-electron chi connectivity index (χ3n) is 1.12. The Morgan fingerprint density at radius 1 is 1.60 bits per heavy atom. The number of rotatable bonds is 3. The van der Waals surface area contributed by atoms with Crippen LogP contribution in [0.3, 0.4) is 0 Å². The fourth-order valence-corrected chi connectivity index (χ4v) is 0.596. The third-order valence-corrected chi connectivity index (χ3v) is 1.12. The van der Waals surface area contributed by atoms with Crippen LogP contribution in [0.15, 0.2) is 17.3 Å². The lowest BCUT2D eigenvalue weighted by Gasteiger charge is -1.92. The number of nitrogens with zero attached hydrogens (tertiary/aromatic N) is 1. The highest BCUT2D eigenvalue weighted by molar-refractivity contribution is 6.39. The van der Waals surface area contributed by atoms with Crippen LogP contribution in [-0.4, -0.2) is 11.5 Å². The molecule has 0 fully saturated rings. The number of carbonyl (C=O) groups is 1. The molecule has 0 aliphatic heterocycles. The summed E-state index contributed by atoms with van der Waals surface area (Å²) in [7, 11) is 0. The van der Waals surface area contributed by atoms with Gasteiger partial charge in [-0.15, -0.1) is 0 Å². The van der Waals surface area contributed by atoms with Gasteiger partial charge in [-0.25, -0.2) is 0 Å². The lowest BCUT2D eigenvalue weighted by molar-refractivity contribution is -0.111. The molecule has 0 saturated heterocycles. The van der Waals surface area contributed by atoms with Crippen molar-refractivity contribution in [2.75, 3.05) is 0 Å². The Hall–Kier alpha value is -0.920. The van der Waals surface area contributed by atoms with Gasteiger partial charge in [-0.05, 0) is 13.3 Å². The van der Waals surface area contributed by atoms with Crippen LogP contribution in [-0.2, 0) is 4.79 Å². The molecule has 2 heteroatoms. The Labute approximate surface area is 61.7 Å².